The third kappa shape index (κ3) is 4.18. The highest BCUT2D eigenvalue weighted by molar-refractivity contribution is 5.32. The third-order valence-corrected chi connectivity index (χ3v) is 2.40. The van der Waals surface area contributed by atoms with Gasteiger partial charge in [-0.1, -0.05) is 18.2 Å². The number of ether oxygens (including phenoxy) is 1. The molecule has 0 saturated carbocycles. The van der Waals surface area contributed by atoms with Gasteiger partial charge in [-0.25, -0.2) is 0 Å². The Kier molecular flexibility index (Phi) is 5.85. The van der Waals surface area contributed by atoms with E-state index in [0.29, 0.717) is 19.7 Å². The Bertz CT molecular complexity index is 305. The lowest BCUT2D eigenvalue weighted by atomic mass is 10.2. The predicted molar refractivity (Wildman–Crippen MR) is 64.4 cm³/mol. The van der Waals surface area contributed by atoms with Crippen molar-refractivity contribution in [2.24, 2.45) is 5.73 Å². The molecule has 0 aromatic heterocycles. The van der Waals surface area contributed by atoms with Crippen LogP contribution in [0.15, 0.2) is 24.3 Å². The van der Waals surface area contributed by atoms with Crippen molar-refractivity contribution < 1.29 is 9.84 Å². The molecule has 90 valence electrons. The fraction of sp³-hybridized carbons (Fsp3) is 0.500. The number of para-hydroxylation sites is 1. The molecule has 1 rings (SSSR count). The van der Waals surface area contributed by atoms with Crippen LogP contribution < -0.4 is 10.5 Å². The fourth-order valence-corrected chi connectivity index (χ4v) is 1.41. The first-order valence-electron chi connectivity index (χ1n) is 5.48. The molecular weight excluding hydrogens is 204 g/mol. The van der Waals surface area contributed by atoms with Gasteiger partial charge in [0.25, 0.3) is 0 Å². The standard InChI is InChI=1S/C12H20N2O2/c1-14(6-8-15)7-9-16-12-5-3-2-4-11(12)10-13/h2-5,15H,6-10,13H2,1H3. The number of nitrogens with two attached hydrogens (primary N) is 1. The number of benzene rings is 1. The summed E-state index contributed by atoms with van der Waals surface area (Å²) in [5, 5.41) is 8.74. The Morgan fingerprint density at radius 1 is 1.31 bits per heavy atom. The summed E-state index contributed by atoms with van der Waals surface area (Å²) in [5.41, 5.74) is 6.63. The second kappa shape index (κ2) is 7.22. The van der Waals surface area contributed by atoms with Crippen molar-refractivity contribution in [2.75, 3.05) is 33.4 Å². The van der Waals surface area contributed by atoms with Crippen molar-refractivity contribution in [3.05, 3.63) is 29.8 Å². The van der Waals surface area contributed by atoms with Gasteiger partial charge < -0.3 is 20.5 Å². The van der Waals surface area contributed by atoms with Crippen molar-refractivity contribution in [3.8, 4) is 5.75 Å². The van der Waals surface area contributed by atoms with Crippen LogP contribution in [0.1, 0.15) is 5.56 Å². The predicted octanol–water partition coefficient (Wildman–Crippen LogP) is 0.448. The number of aliphatic hydroxyl groups excluding tert-OH is 1. The van der Waals surface area contributed by atoms with Gasteiger partial charge in [0.1, 0.15) is 12.4 Å². The van der Waals surface area contributed by atoms with E-state index in [9.17, 15) is 0 Å². The van der Waals surface area contributed by atoms with Crippen LogP contribution in [-0.4, -0.2) is 43.4 Å². The lowest BCUT2D eigenvalue weighted by molar-refractivity contribution is 0.192. The molecule has 1 aromatic carbocycles. The molecule has 0 unspecified atom stereocenters. The Balaban J connectivity index is 2.36. The van der Waals surface area contributed by atoms with E-state index in [4.69, 9.17) is 15.6 Å². The van der Waals surface area contributed by atoms with E-state index in [1.807, 2.05) is 36.2 Å². The van der Waals surface area contributed by atoms with Gasteiger partial charge in [-0.15, -0.1) is 0 Å². The number of nitrogens with zero attached hydrogens (tertiary/aromatic N) is 1. The molecule has 1 aromatic rings. The summed E-state index contributed by atoms with van der Waals surface area (Å²) in [7, 11) is 1.95. The average molecular weight is 224 g/mol. The highest BCUT2D eigenvalue weighted by Gasteiger charge is 2.01. The van der Waals surface area contributed by atoms with Crippen LogP contribution in [-0.2, 0) is 6.54 Å². The van der Waals surface area contributed by atoms with Crippen molar-refractivity contribution in [2.45, 2.75) is 6.54 Å². The molecule has 4 nitrogen and oxygen atoms in total. The number of hydrogen-bond acceptors (Lipinski definition) is 4. The zero-order valence-electron chi connectivity index (χ0n) is 9.72. The lowest BCUT2D eigenvalue weighted by Crippen LogP contribution is -2.27. The van der Waals surface area contributed by atoms with Crippen LogP contribution in [0.2, 0.25) is 0 Å². The maximum atomic E-state index is 8.74. The van der Waals surface area contributed by atoms with Gasteiger partial charge in [-0.2, -0.15) is 0 Å². The Hall–Kier alpha value is -1.10. The van der Waals surface area contributed by atoms with Crippen LogP contribution in [0.4, 0.5) is 0 Å². The summed E-state index contributed by atoms with van der Waals surface area (Å²) < 4.78 is 5.64. The summed E-state index contributed by atoms with van der Waals surface area (Å²) >= 11 is 0. The van der Waals surface area contributed by atoms with Crippen molar-refractivity contribution in [1.82, 2.24) is 4.90 Å². The number of rotatable bonds is 7. The van der Waals surface area contributed by atoms with Crippen molar-refractivity contribution in [3.63, 3.8) is 0 Å². The van der Waals surface area contributed by atoms with E-state index in [-0.39, 0.29) is 6.61 Å². The van der Waals surface area contributed by atoms with E-state index in [1.54, 1.807) is 0 Å². The average Bonchev–Trinajstić information content (AvgIpc) is 2.30. The van der Waals surface area contributed by atoms with Crippen LogP contribution in [0.3, 0.4) is 0 Å². The molecule has 0 aliphatic carbocycles. The first-order chi connectivity index (χ1) is 7.77. The van der Waals surface area contributed by atoms with Gasteiger partial charge in [-0.05, 0) is 13.1 Å². The van der Waals surface area contributed by atoms with Crippen molar-refractivity contribution >= 4 is 0 Å². The SMILES string of the molecule is CN(CCO)CCOc1ccccc1CN. The first kappa shape index (κ1) is 13.0. The molecule has 3 N–H and O–H groups in total. The molecule has 0 bridgehead atoms. The Labute approximate surface area is 96.6 Å². The second-order valence-electron chi connectivity index (χ2n) is 3.69. The molecule has 0 aliphatic rings. The molecule has 0 radical (unpaired) electrons. The third-order valence-electron chi connectivity index (χ3n) is 2.40. The maximum Gasteiger partial charge on any atom is 0.123 e. The maximum absolute atomic E-state index is 8.74. The molecule has 0 aliphatic heterocycles. The molecule has 0 amide bonds. The molecule has 0 atom stereocenters. The second-order valence-corrected chi connectivity index (χ2v) is 3.69. The summed E-state index contributed by atoms with van der Waals surface area (Å²) in [5.74, 6) is 0.849. The molecule has 0 spiro atoms. The molecule has 16 heavy (non-hydrogen) atoms. The highest BCUT2D eigenvalue weighted by Crippen LogP contribution is 2.16. The van der Waals surface area contributed by atoms with Crippen LogP contribution in [0, 0.1) is 0 Å². The van der Waals surface area contributed by atoms with Gasteiger partial charge in [0, 0.05) is 25.2 Å². The van der Waals surface area contributed by atoms with E-state index in [1.165, 1.54) is 0 Å². The smallest absolute Gasteiger partial charge is 0.123 e. The minimum absolute atomic E-state index is 0.176. The van der Waals surface area contributed by atoms with Gasteiger partial charge in [0.15, 0.2) is 0 Å². The molecule has 4 heteroatoms. The van der Waals surface area contributed by atoms with Gasteiger partial charge in [-0.3, -0.25) is 0 Å². The van der Waals surface area contributed by atoms with Gasteiger partial charge in [0.2, 0.25) is 0 Å². The Morgan fingerprint density at radius 3 is 2.75 bits per heavy atom. The molecule has 0 saturated heterocycles. The van der Waals surface area contributed by atoms with E-state index in [2.05, 4.69) is 0 Å². The lowest BCUT2D eigenvalue weighted by Gasteiger charge is -2.16. The monoisotopic (exact) mass is 224 g/mol. The van der Waals surface area contributed by atoms with Crippen LogP contribution in [0.5, 0.6) is 5.75 Å². The number of hydrogen-bond donors (Lipinski definition) is 2. The minimum Gasteiger partial charge on any atom is -0.492 e. The summed E-state index contributed by atoms with van der Waals surface area (Å²) in [6.07, 6.45) is 0. The topological polar surface area (TPSA) is 58.7 Å². The van der Waals surface area contributed by atoms with E-state index >= 15 is 0 Å². The minimum atomic E-state index is 0.176. The molecule has 0 heterocycles. The zero-order chi connectivity index (χ0) is 11.8. The number of aliphatic hydroxyl groups is 1. The molecular formula is C12H20N2O2. The summed E-state index contributed by atoms with van der Waals surface area (Å²) in [4.78, 5) is 2.02. The Morgan fingerprint density at radius 2 is 2.06 bits per heavy atom. The highest BCUT2D eigenvalue weighted by atomic mass is 16.5. The molecule has 0 fully saturated rings. The van der Waals surface area contributed by atoms with E-state index < -0.39 is 0 Å². The summed E-state index contributed by atoms with van der Waals surface area (Å²) in [6.45, 7) is 2.73. The van der Waals surface area contributed by atoms with E-state index in [0.717, 1.165) is 17.9 Å². The fourth-order valence-electron chi connectivity index (χ4n) is 1.41. The van der Waals surface area contributed by atoms with Crippen molar-refractivity contribution in [1.29, 1.82) is 0 Å². The zero-order valence-corrected chi connectivity index (χ0v) is 9.72. The quantitative estimate of drug-likeness (QED) is 0.706. The van der Waals surface area contributed by atoms with Gasteiger partial charge in [0.05, 0.1) is 6.61 Å². The van der Waals surface area contributed by atoms with Crippen LogP contribution >= 0.6 is 0 Å². The number of likely N-dealkylation sites (N-methyl/N-ethyl adjacent to an activating group) is 1. The largest absolute Gasteiger partial charge is 0.492 e. The normalized spacial score (nSPS) is 10.8. The first-order valence-corrected chi connectivity index (χ1v) is 5.48. The summed E-state index contributed by atoms with van der Waals surface area (Å²) in [6, 6.07) is 7.78. The van der Waals surface area contributed by atoms with Gasteiger partial charge >= 0.3 is 0 Å². The van der Waals surface area contributed by atoms with Crippen LogP contribution in [0.25, 0.3) is 0 Å².